The van der Waals surface area contributed by atoms with E-state index < -0.39 is 0 Å². The number of rotatable bonds is 7. The minimum Gasteiger partial charge on any atom is -0.339 e. The molecule has 0 aliphatic heterocycles. The number of benzene rings is 1. The van der Waals surface area contributed by atoms with Crippen molar-refractivity contribution in [2.24, 2.45) is 0 Å². The van der Waals surface area contributed by atoms with Gasteiger partial charge in [-0.2, -0.15) is 4.98 Å². The van der Waals surface area contributed by atoms with Gasteiger partial charge in [-0.3, -0.25) is 0 Å². The Balaban J connectivity index is 2.12. The molecule has 0 radical (unpaired) electrons. The van der Waals surface area contributed by atoms with Crippen molar-refractivity contribution in [2.45, 2.75) is 52.5 Å². The fourth-order valence-electron chi connectivity index (χ4n) is 2.67. The van der Waals surface area contributed by atoms with Gasteiger partial charge in [-0.05, 0) is 37.9 Å². The molecule has 2 rings (SSSR count). The number of likely N-dealkylation sites (N-methyl/N-ethyl adjacent to an activating group) is 1. The molecule has 2 unspecified atom stereocenters. The monoisotopic (exact) mass is 287 g/mol. The predicted octanol–water partition coefficient (Wildman–Crippen LogP) is 3.46. The SMILES string of the molecule is CCNC(C)C(CC)c1nc(Cc2ccccc2C)no1. The van der Waals surface area contributed by atoms with Crippen LogP contribution in [0.2, 0.25) is 0 Å². The quantitative estimate of drug-likeness (QED) is 0.847. The summed E-state index contributed by atoms with van der Waals surface area (Å²) in [5, 5.41) is 7.59. The van der Waals surface area contributed by atoms with Gasteiger partial charge in [-0.25, -0.2) is 0 Å². The van der Waals surface area contributed by atoms with E-state index in [-0.39, 0.29) is 5.92 Å². The van der Waals surface area contributed by atoms with E-state index in [4.69, 9.17) is 4.52 Å². The Morgan fingerprint density at radius 3 is 2.67 bits per heavy atom. The highest BCUT2D eigenvalue weighted by atomic mass is 16.5. The van der Waals surface area contributed by atoms with Crippen molar-refractivity contribution in [1.29, 1.82) is 0 Å². The standard InChI is InChI=1S/C17H25N3O/c1-5-15(13(4)18-6-2)17-19-16(20-21-17)11-14-10-8-7-9-12(14)3/h7-10,13,15,18H,5-6,11H2,1-4H3. The molecule has 0 fully saturated rings. The lowest BCUT2D eigenvalue weighted by molar-refractivity contribution is 0.316. The van der Waals surface area contributed by atoms with Crippen LogP contribution in [0.5, 0.6) is 0 Å². The highest BCUT2D eigenvalue weighted by Crippen LogP contribution is 2.22. The van der Waals surface area contributed by atoms with Crippen molar-refractivity contribution >= 4 is 0 Å². The smallest absolute Gasteiger partial charge is 0.231 e. The van der Waals surface area contributed by atoms with Crippen LogP contribution < -0.4 is 5.32 Å². The highest BCUT2D eigenvalue weighted by Gasteiger charge is 2.23. The Bertz CT molecular complexity index is 565. The molecule has 0 amide bonds. The molecule has 0 aliphatic carbocycles. The summed E-state index contributed by atoms with van der Waals surface area (Å²) in [6.07, 6.45) is 1.71. The minimum atomic E-state index is 0.267. The topological polar surface area (TPSA) is 51.0 Å². The zero-order valence-corrected chi connectivity index (χ0v) is 13.4. The van der Waals surface area contributed by atoms with Crippen molar-refractivity contribution in [3.63, 3.8) is 0 Å². The van der Waals surface area contributed by atoms with Crippen LogP contribution >= 0.6 is 0 Å². The largest absolute Gasteiger partial charge is 0.339 e. The Morgan fingerprint density at radius 2 is 2.00 bits per heavy atom. The first-order valence-electron chi connectivity index (χ1n) is 7.76. The van der Waals surface area contributed by atoms with Gasteiger partial charge in [0, 0.05) is 12.5 Å². The second-order valence-corrected chi connectivity index (χ2v) is 5.51. The van der Waals surface area contributed by atoms with Gasteiger partial charge in [-0.15, -0.1) is 0 Å². The van der Waals surface area contributed by atoms with Gasteiger partial charge >= 0.3 is 0 Å². The highest BCUT2D eigenvalue weighted by molar-refractivity contribution is 5.28. The fourth-order valence-corrected chi connectivity index (χ4v) is 2.67. The molecule has 114 valence electrons. The number of hydrogen-bond acceptors (Lipinski definition) is 4. The third-order valence-electron chi connectivity index (χ3n) is 3.98. The molecule has 21 heavy (non-hydrogen) atoms. The number of nitrogens with zero attached hydrogens (tertiary/aromatic N) is 2. The van der Waals surface area contributed by atoms with Crippen LogP contribution in [0, 0.1) is 6.92 Å². The molecule has 1 aromatic carbocycles. The molecule has 1 N–H and O–H groups in total. The van der Waals surface area contributed by atoms with Gasteiger partial charge in [-0.1, -0.05) is 43.3 Å². The Kier molecular flexibility index (Phi) is 5.51. The molecular weight excluding hydrogens is 262 g/mol. The molecule has 0 spiro atoms. The van der Waals surface area contributed by atoms with E-state index in [9.17, 15) is 0 Å². The summed E-state index contributed by atoms with van der Waals surface area (Å²) >= 11 is 0. The van der Waals surface area contributed by atoms with E-state index in [1.165, 1.54) is 11.1 Å². The van der Waals surface area contributed by atoms with Crippen molar-refractivity contribution < 1.29 is 4.52 Å². The van der Waals surface area contributed by atoms with Crippen LogP contribution in [-0.4, -0.2) is 22.7 Å². The maximum Gasteiger partial charge on any atom is 0.231 e. The van der Waals surface area contributed by atoms with E-state index in [0.717, 1.165) is 31.1 Å². The van der Waals surface area contributed by atoms with E-state index in [0.29, 0.717) is 6.04 Å². The zero-order valence-electron chi connectivity index (χ0n) is 13.4. The first-order valence-corrected chi connectivity index (χ1v) is 7.76. The minimum absolute atomic E-state index is 0.267. The van der Waals surface area contributed by atoms with Crippen LogP contribution in [0.15, 0.2) is 28.8 Å². The molecule has 0 aliphatic rings. The number of hydrogen-bond donors (Lipinski definition) is 1. The van der Waals surface area contributed by atoms with Crippen molar-refractivity contribution in [1.82, 2.24) is 15.5 Å². The molecule has 0 saturated carbocycles. The summed E-state index contributed by atoms with van der Waals surface area (Å²) in [4.78, 5) is 4.60. The molecule has 4 nitrogen and oxygen atoms in total. The third-order valence-corrected chi connectivity index (χ3v) is 3.98. The van der Waals surface area contributed by atoms with Crippen molar-refractivity contribution in [3.05, 3.63) is 47.1 Å². The summed E-state index contributed by atoms with van der Waals surface area (Å²) in [5.41, 5.74) is 2.51. The zero-order chi connectivity index (χ0) is 15.2. The maximum atomic E-state index is 5.50. The summed E-state index contributed by atoms with van der Waals surface area (Å²) in [7, 11) is 0. The lowest BCUT2D eigenvalue weighted by atomic mass is 9.98. The Hall–Kier alpha value is -1.68. The number of nitrogens with one attached hydrogen (secondary N) is 1. The predicted molar refractivity (Wildman–Crippen MR) is 84.5 cm³/mol. The number of aromatic nitrogens is 2. The summed E-state index contributed by atoms with van der Waals surface area (Å²) < 4.78 is 5.50. The van der Waals surface area contributed by atoms with E-state index in [1.54, 1.807) is 0 Å². The molecule has 2 atom stereocenters. The maximum absolute atomic E-state index is 5.50. The Morgan fingerprint density at radius 1 is 1.24 bits per heavy atom. The molecule has 1 heterocycles. The number of aryl methyl sites for hydroxylation is 1. The molecule has 2 aromatic rings. The Labute approximate surface area is 127 Å². The van der Waals surface area contributed by atoms with Crippen LogP contribution in [0.25, 0.3) is 0 Å². The average molecular weight is 287 g/mol. The van der Waals surface area contributed by atoms with Gasteiger partial charge in [0.15, 0.2) is 5.82 Å². The summed E-state index contributed by atoms with van der Waals surface area (Å²) in [5.74, 6) is 1.78. The molecule has 0 saturated heterocycles. The van der Waals surface area contributed by atoms with Crippen LogP contribution in [0.3, 0.4) is 0 Å². The van der Waals surface area contributed by atoms with E-state index in [2.05, 4.69) is 55.3 Å². The van der Waals surface area contributed by atoms with Gasteiger partial charge in [0.05, 0.1) is 5.92 Å². The van der Waals surface area contributed by atoms with Crippen LogP contribution in [-0.2, 0) is 6.42 Å². The van der Waals surface area contributed by atoms with Gasteiger partial charge in [0.25, 0.3) is 0 Å². The average Bonchev–Trinajstić information content (AvgIpc) is 2.91. The van der Waals surface area contributed by atoms with Gasteiger partial charge < -0.3 is 9.84 Å². The third kappa shape index (κ3) is 3.91. The second kappa shape index (κ2) is 7.36. The normalized spacial score (nSPS) is 14.1. The van der Waals surface area contributed by atoms with Gasteiger partial charge in [0.1, 0.15) is 0 Å². The molecular formula is C17H25N3O. The van der Waals surface area contributed by atoms with Crippen LogP contribution in [0.4, 0.5) is 0 Å². The molecule has 0 bridgehead atoms. The van der Waals surface area contributed by atoms with E-state index in [1.807, 2.05) is 12.1 Å². The molecule has 4 heteroatoms. The molecule has 1 aromatic heterocycles. The fraction of sp³-hybridized carbons (Fsp3) is 0.529. The summed E-state index contributed by atoms with van der Waals surface area (Å²) in [6, 6.07) is 8.66. The van der Waals surface area contributed by atoms with E-state index >= 15 is 0 Å². The van der Waals surface area contributed by atoms with Crippen LogP contribution in [0.1, 0.15) is 56.0 Å². The first kappa shape index (κ1) is 15.7. The lowest BCUT2D eigenvalue weighted by Gasteiger charge is -2.19. The van der Waals surface area contributed by atoms with Gasteiger partial charge in [0.2, 0.25) is 5.89 Å². The van der Waals surface area contributed by atoms with Crippen molar-refractivity contribution in [2.75, 3.05) is 6.54 Å². The second-order valence-electron chi connectivity index (χ2n) is 5.51. The van der Waals surface area contributed by atoms with Crippen molar-refractivity contribution in [3.8, 4) is 0 Å². The summed E-state index contributed by atoms with van der Waals surface area (Å²) in [6.45, 7) is 9.49. The first-order chi connectivity index (χ1) is 10.2. The lowest BCUT2D eigenvalue weighted by Crippen LogP contribution is -2.31.